The molecule has 0 aromatic rings. The normalized spacial score (nSPS) is 12.7. The van der Waals surface area contributed by atoms with Gasteiger partial charge in [-0.15, -0.1) is 0 Å². The first-order valence-electron chi connectivity index (χ1n) is 5.06. The van der Waals surface area contributed by atoms with Crippen molar-refractivity contribution in [3.63, 3.8) is 0 Å². The second-order valence-corrected chi connectivity index (χ2v) is 5.64. The third kappa shape index (κ3) is 4.39. The molecular weight excluding hydrogens is 202 g/mol. The highest BCUT2D eigenvalue weighted by Crippen LogP contribution is 2.08. The lowest BCUT2D eigenvalue weighted by atomic mass is 10.4. The monoisotopic (exact) mass is 223 g/mol. The second-order valence-electron chi connectivity index (χ2n) is 3.60. The van der Waals surface area contributed by atoms with Crippen LogP contribution in [-0.2, 0) is 10.0 Å². The van der Waals surface area contributed by atoms with E-state index >= 15 is 0 Å². The van der Waals surface area contributed by atoms with Gasteiger partial charge in [0, 0.05) is 12.6 Å². The maximum Gasteiger partial charge on any atom is 0.214 e. The third-order valence-corrected chi connectivity index (χ3v) is 4.13. The van der Waals surface area contributed by atoms with Gasteiger partial charge in [0.15, 0.2) is 0 Å². The summed E-state index contributed by atoms with van der Waals surface area (Å²) in [5, 5.41) is 8.77. The van der Waals surface area contributed by atoms with E-state index in [0.717, 1.165) is 6.42 Å². The summed E-state index contributed by atoms with van der Waals surface area (Å²) in [6.07, 6.45) is 1.54. The molecular formula is C9H21NO3S. The molecule has 0 fully saturated rings. The predicted molar refractivity (Wildman–Crippen MR) is 57.6 cm³/mol. The maximum atomic E-state index is 11.7. The molecule has 0 rings (SSSR count). The van der Waals surface area contributed by atoms with Gasteiger partial charge in [-0.25, -0.2) is 8.42 Å². The van der Waals surface area contributed by atoms with Crippen molar-refractivity contribution in [2.24, 2.45) is 0 Å². The number of hydrogen-bond acceptors (Lipinski definition) is 3. The van der Waals surface area contributed by atoms with Gasteiger partial charge in [-0.2, -0.15) is 4.31 Å². The molecule has 0 saturated heterocycles. The van der Waals surface area contributed by atoms with Gasteiger partial charge in [0.05, 0.1) is 12.4 Å². The zero-order valence-corrected chi connectivity index (χ0v) is 10.0. The number of nitrogens with zero attached hydrogens (tertiary/aromatic N) is 1. The van der Waals surface area contributed by atoms with Crippen LogP contribution in [0.5, 0.6) is 0 Å². The maximum absolute atomic E-state index is 11.7. The van der Waals surface area contributed by atoms with Crippen LogP contribution in [0.3, 0.4) is 0 Å². The quantitative estimate of drug-likeness (QED) is 0.695. The lowest BCUT2D eigenvalue weighted by Crippen LogP contribution is -2.40. The predicted octanol–water partition coefficient (Wildman–Crippen LogP) is 0.819. The van der Waals surface area contributed by atoms with Crippen molar-refractivity contribution < 1.29 is 13.5 Å². The standard InChI is InChI=1S/C9H21NO3S/c1-4-5-8-14(12,13)10(6-7-11)9(2)3/h9,11H,4-8H2,1-3H3. The van der Waals surface area contributed by atoms with Crippen molar-refractivity contribution in [1.82, 2.24) is 4.31 Å². The van der Waals surface area contributed by atoms with E-state index in [-0.39, 0.29) is 24.9 Å². The largest absolute Gasteiger partial charge is 0.395 e. The summed E-state index contributed by atoms with van der Waals surface area (Å²) in [6.45, 7) is 5.67. The Labute approximate surface area is 87.0 Å². The summed E-state index contributed by atoms with van der Waals surface area (Å²) in [7, 11) is -3.17. The summed E-state index contributed by atoms with van der Waals surface area (Å²) in [5.74, 6) is 0.182. The van der Waals surface area contributed by atoms with Crippen LogP contribution in [0.15, 0.2) is 0 Å². The summed E-state index contributed by atoms with van der Waals surface area (Å²) >= 11 is 0. The minimum Gasteiger partial charge on any atom is -0.395 e. The Hall–Kier alpha value is -0.130. The molecule has 0 aromatic carbocycles. The number of aliphatic hydroxyl groups excluding tert-OH is 1. The van der Waals surface area contributed by atoms with E-state index < -0.39 is 10.0 Å². The Balaban J connectivity index is 4.46. The fourth-order valence-electron chi connectivity index (χ4n) is 1.26. The Kier molecular flexibility index (Phi) is 6.31. The molecule has 0 aliphatic carbocycles. The lowest BCUT2D eigenvalue weighted by molar-refractivity contribution is 0.236. The molecule has 0 aliphatic rings. The fraction of sp³-hybridized carbons (Fsp3) is 1.00. The average molecular weight is 223 g/mol. The van der Waals surface area contributed by atoms with E-state index in [2.05, 4.69) is 0 Å². The first kappa shape index (κ1) is 13.9. The van der Waals surface area contributed by atoms with E-state index in [1.165, 1.54) is 4.31 Å². The Morgan fingerprint density at radius 2 is 1.93 bits per heavy atom. The van der Waals surface area contributed by atoms with Crippen molar-refractivity contribution in [3.05, 3.63) is 0 Å². The van der Waals surface area contributed by atoms with Crippen LogP contribution in [0, 0.1) is 0 Å². The number of sulfonamides is 1. The van der Waals surface area contributed by atoms with Crippen LogP contribution in [0.1, 0.15) is 33.6 Å². The minimum atomic E-state index is -3.17. The molecule has 0 spiro atoms. The van der Waals surface area contributed by atoms with Crippen molar-refractivity contribution in [2.75, 3.05) is 18.9 Å². The number of rotatable bonds is 7. The van der Waals surface area contributed by atoms with E-state index in [0.29, 0.717) is 6.42 Å². The van der Waals surface area contributed by atoms with Crippen molar-refractivity contribution in [2.45, 2.75) is 39.7 Å². The molecule has 4 nitrogen and oxygen atoms in total. The van der Waals surface area contributed by atoms with Crippen molar-refractivity contribution in [3.8, 4) is 0 Å². The van der Waals surface area contributed by atoms with Gasteiger partial charge in [0.2, 0.25) is 10.0 Å². The second kappa shape index (κ2) is 6.37. The highest BCUT2D eigenvalue weighted by molar-refractivity contribution is 7.89. The topological polar surface area (TPSA) is 57.6 Å². The SMILES string of the molecule is CCCCS(=O)(=O)N(CCO)C(C)C. The Morgan fingerprint density at radius 1 is 1.36 bits per heavy atom. The molecule has 0 radical (unpaired) electrons. The van der Waals surface area contributed by atoms with E-state index in [4.69, 9.17) is 5.11 Å². The van der Waals surface area contributed by atoms with Gasteiger partial charge < -0.3 is 5.11 Å². The molecule has 0 amide bonds. The summed E-state index contributed by atoms with van der Waals surface area (Å²) in [6, 6.07) is -0.0796. The van der Waals surface area contributed by atoms with Gasteiger partial charge >= 0.3 is 0 Å². The molecule has 0 atom stereocenters. The molecule has 5 heteroatoms. The van der Waals surface area contributed by atoms with Gasteiger partial charge in [-0.05, 0) is 20.3 Å². The van der Waals surface area contributed by atoms with E-state index in [1.807, 2.05) is 20.8 Å². The fourth-order valence-corrected chi connectivity index (χ4v) is 3.15. The lowest BCUT2D eigenvalue weighted by Gasteiger charge is -2.24. The van der Waals surface area contributed by atoms with Crippen LogP contribution >= 0.6 is 0 Å². The number of aliphatic hydroxyl groups is 1. The first-order valence-corrected chi connectivity index (χ1v) is 6.67. The molecule has 0 heterocycles. The van der Waals surface area contributed by atoms with Gasteiger partial charge in [-0.1, -0.05) is 13.3 Å². The van der Waals surface area contributed by atoms with E-state index in [9.17, 15) is 8.42 Å². The number of hydrogen-bond donors (Lipinski definition) is 1. The average Bonchev–Trinajstić information content (AvgIpc) is 2.10. The molecule has 0 aromatic heterocycles. The van der Waals surface area contributed by atoms with Gasteiger partial charge in [0.1, 0.15) is 0 Å². The summed E-state index contributed by atoms with van der Waals surface area (Å²) < 4.78 is 24.8. The molecule has 1 N–H and O–H groups in total. The highest BCUT2D eigenvalue weighted by Gasteiger charge is 2.23. The first-order chi connectivity index (χ1) is 6.45. The summed E-state index contributed by atoms with van der Waals surface area (Å²) in [4.78, 5) is 0. The molecule has 86 valence electrons. The van der Waals surface area contributed by atoms with Crippen molar-refractivity contribution >= 4 is 10.0 Å². The Bertz CT molecular complexity index is 236. The molecule has 14 heavy (non-hydrogen) atoms. The minimum absolute atomic E-state index is 0.0796. The highest BCUT2D eigenvalue weighted by atomic mass is 32.2. The van der Waals surface area contributed by atoms with Gasteiger partial charge in [-0.3, -0.25) is 0 Å². The zero-order chi connectivity index (χ0) is 11.2. The van der Waals surface area contributed by atoms with Gasteiger partial charge in [0.25, 0.3) is 0 Å². The number of unbranched alkanes of at least 4 members (excludes halogenated alkanes) is 1. The van der Waals surface area contributed by atoms with Crippen LogP contribution in [0.4, 0.5) is 0 Å². The molecule has 0 aliphatic heterocycles. The van der Waals surface area contributed by atoms with E-state index in [1.54, 1.807) is 0 Å². The third-order valence-electron chi connectivity index (χ3n) is 2.01. The summed E-state index contributed by atoms with van der Waals surface area (Å²) in [5.41, 5.74) is 0. The molecule has 0 unspecified atom stereocenters. The zero-order valence-electron chi connectivity index (χ0n) is 9.23. The Morgan fingerprint density at radius 3 is 2.29 bits per heavy atom. The van der Waals surface area contributed by atoms with Crippen molar-refractivity contribution in [1.29, 1.82) is 0 Å². The van der Waals surface area contributed by atoms with Crippen LogP contribution < -0.4 is 0 Å². The molecule has 0 saturated carbocycles. The molecule has 0 bridgehead atoms. The van der Waals surface area contributed by atoms with Crippen LogP contribution in [0.2, 0.25) is 0 Å². The van der Waals surface area contributed by atoms with Crippen LogP contribution in [-0.4, -0.2) is 42.8 Å². The smallest absolute Gasteiger partial charge is 0.214 e. The van der Waals surface area contributed by atoms with Crippen LogP contribution in [0.25, 0.3) is 0 Å².